The molecular formula is C21H18O6. The quantitative estimate of drug-likeness (QED) is 0.379. The van der Waals surface area contributed by atoms with Gasteiger partial charge in [-0.3, -0.25) is 9.59 Å². The van der Waals surface area contributed by atoms with E-state index in [1.165, 1.54) is 7.11 Å². The third kappa shape index (κ3) is 4.06. The van der Waals surface area contributed by atoms with Crippen LogP contribution in [-0.2, 0) is 16.0 Å². The first kappa shape index (κ1) is 18.4. The number of benzene rings is 2. The topological polar surface area (TPSA) is 82.8 Å². The van der Waals surface area contributed by atoms with Crippen LogP contribution in [0.5, 0.6) is 5.75 Å². The van der Waals surface area contributed by atoms with Gasteiger partial charge in [0.2, 0.25) is 0 Å². The number of carbonyl (C=O) groups excluding carboxylic acids is 2. The molecule has 6 heteroatoms. The summed E-state index contributed by atoms with van der Waals surface area (Å²) < 4.78 is 15.5. The molecule has 0 aliphatic heterocycles. The second kappa shape index (κ2) is 7.86. The van der Waals surface area contributed by atoms with Crippen LogP contribution in [0, 0.1) is 6.92 Å². The first-order valence-electron chi connectivity index (χ1n) is 8.34. The Morgan fingerprint density at radius 1 is 1.07 bits per heavy atom. The lowest BCUT2D eigenvalue weighted by Crippen LogP contribution is -2.16. The summed E-state index contributed by atoms with van der Waals surface area (Å²) in [5, 5.41) is 0.690. The third-order valence-corrected chi connectivity index (χ3v) is 4.27. The zero-order chi connectivity index (χ0) is 19.4. The number of ketones is 1. The maximum atomic E-state index is 12.2. The summed E-state index contributed by atoms with van der Waals surface area (Å²) in [4.78, 5) is 35.8. The van der Waals surface area contributed by atoms with Gasteiger partial charge in [0.1, 0.15) is 11.3 Å². The lowest BCUT2D eigenvalue weighted by molar-refractivity contribution is -0.139. The summed E-state index contributed by atoms with van der Waals surface area (Å²) in [7, 11) is 1.26. The Labute approximate surface area is 155 Å². The van der Waals surface area contributed by atoms with Crippen LogP contribution in [0.1, 0.15) is 21.5 Å². The fraction of sp³-hybridized carbons (Fsp3) is 0.190. The zero-order valence-electron chi connectivity index (χ0n) is 15.0. The first-order chi connectivity index (χ1) is 13.0. The summed E-state index contributed by atoms with van der Waals surface area (Å²) in [5.41, 5.74) is 1.22. The van der Waals surface area contributed by atoms with E-state index in [4.69, 9.17) is 9.15 Å². The lowest BCUT2D eigenvalue weighted by atomic mass is 10.0. The van der Waals surface area contributed by atoms with Crippen molar-refractivity contribution in [3.05, 3.63) is 75.6 Å². The van der Waals surface area contributed by atoms with Crippen LogP contribution in [-0.4, -0.2) is 25.5 Å². The summed E-state index contributed by atoms with van der Waals surface area (Å²) in [5.74, 6) is -0.249. The van der Waals surface area contributed by atoms with Gasteiger partial charge in [-0.1, -0.05) is 30.3 Å². The molecule has 27 heavy (non-hydrogen) atoms. The molecule has 138 valence electrons. The van der Waals surface area contributed by atoms with Crippen molar-refractivity contribution < 1.29 is 23.5 Å². The van der Waals surface area contributed by atoms with Crippen molar-refractivity contribution in [1.82, 2.24) is 0 Å². The van der Waals surface area contributed by atoms with Crippen LogP contribution in [0.3, 0.4) is 0 Å². The molecule has 0 amide bonds. The molecule has 3 rings (SSSR count). The monoisotopic (exact) mass is 366 g/mol. The van der Waals surface area contributed by atoms with Crippen molar-refractivity contribution >= 4 is 22.7 Å². The number of carbonyl (C=O) groups is 2. The normalized spacial score (nSPS) is 10.6. The van der Waals surface area contributed by atoms with Crippen molar-refractivity contribution in [2.24, 2.45) is 0 Å². The third-order valence-electron chi connectivity index (χ3n) is 4.27. The molecule has 1 aromatic heterocycles. The highest BCUT2D eigenvalue weighted by Crippen LogP contribution is 2.24. The highest BCUT2D eigenvalue weighted by Gasteiger charge is 2.16. The summed E-state index contributed by atoms with van der Waals surface area (Å²) in [6.45, 7) is 1.62. The van der Waals surface area contributed by atoms with Crippen LogP contribution in [0.2, 0.25) is 0 Å². The molecule has 0 atom stereocenters. The number of ether oxygens (including phenoxy) is 2. The SMILES string of the molecule is COC(=O)Cc1c(C)c2ccc(OCC(=O)c3ccccc3)cc2oc1=O. The molecule has 0 saturated heterocycles. The van der Waals surface area contributed by atoms with Crippen molar-refractivity contribution in [1.29, 1.82) is 0 Å². The van der Waals surface area contributed by atoms with Crippen molar-refractivity contribution in [2.75, 3.05) is 13.7 Å². The summed E-state index contributed by atoms with van der Waals surface area (Å²) in [6.07, 6.45) is -0.148. The summed E-state index contributed by atoms with van der Waals surface area (Å²) in [6, 6.07) is 13.8. The first-order valence-corrected chi connectivity index (χ1v) is 8.34. The zero-order valence-corrected chi connectivity index (χ0v) is 15.0. The van der Waals surface area contributed by atoms with Crippen molar-refractivity contribution in [3.63, 3.8) is 0 Å². The number of methoxy groups -OCH3 is 1. The van der Waals surface area contributed by atoms with Gasteiger partial charge in [-0.2, -0.15) is 0 Å². The average molecular weight is 366 g/mol. The van der Waals surface area contributed by atoms with Gasteiger partial charge in [-0.15, -0.1) is 0 Å². The second-order valence-electron chi connectivity index (χ2n) is 5.98. The van der Waals surface area contributed by atoms with Crippen LogP contribution in [0.4, 0.5) is 0 Å². The van der Waals surface area contributed by atoms with Gasteiger partial charge in [0.15, 0.2) is 12.4 Å². The maximum absolute atomic E-state index is 12.2. The Balaban J connectivity index is 1.83. The van der Waals surface area contributed by atoms with E-state index in [2.05, 4.69) is 4.74 Å². The van der Waals surface area contributed by atoms with E-state index in [1.54, 1.807) is 49.4 Å². The molecule has 2 aromatic carbocycles. The lowest BCUT2D eigenvalue weighted by Gasteiger charge is -2.09. The van der Waals surface area contributed by atoms with Crippen LogP contribution < -0.4 is 10.4 Å². The summed E-state index contributed by atoms with van der Waals surface area (Å²) >= 11 is 0. The van der Waals surface area contributed by atoms with Gasteiger partial charge in [0.05, 0.1) is 19.1 Å². The number of fused-ring (bicyclic) bond motifs is 1. The smallest absolute Gasteiger partial charge is 0.340 e. The van der Waals surface area contributed by atoms with E-state index in [9.17, 15) is 14.4 Å². The number of aryl methyl sites for hydroxylation is 1. The van der Waals surface area contributed by atoms with Gasteiger partial charge in [-0.05, 0) is 24.6 Å². The van der Waals surface area contributed by atoms with Crippen molar-refractivity contribution in [3.8, 4) is 5.75 Å². The molecule has 0 bridgehead atoms. The van der Waals surface area contributed by atoms with E-state index >= 15 is 0 Å². The predicted molar refractivity (Wildman–Crippen MR) is 99.2 cm³/mol. The van der Waals surface area contributed by atoms with E-state index in [0.29, 0.717) is 27.8 Å². The molecule has 6 nitrogen and oxygen atoms in total. The largest absolute Gasteiger partial charge is 0.485 e. The molecule has 0 aliphatic carbocycles. The molecule has 0 fully saturated rings. The second-order valence-corrected chi connectivity index (χ2v) is 5.98. The fourth-order valence-corrected chi connectivity index (χ4v) is 2.74. The van der Waals surface area contributed by atoms with Crippen LogP contribution in [0.15, 0.2) is 57.7 Å². The number of Topliss-reactive ketones (excluding diaryl/α,β-unsaturated/α-hetero) is 1. The molecule has 3 aromatic rings. The number of esters is 1. The highest BCUT2D eigenvalue weighted by atomic mass is 16.5. The van der Waals surface area contributed by atoms with Gasteiger partial charge >= 0.3 is 11.6 Å². The molecule has 0 radical (unpaired) electrons. The molecular weight excluding hydrogens is 348 g/mol. The van der Waals surface area contributed by atoms with Gasteiger partial charge in [0.25, 0.3) is 0 Å². The Morgan fingerprint density at radius 3 is 2.52 bits per heavy atom. The highest BCUT2D eigenvalue weighted by molar-refractivity contribution is 5.97. The molecule has 0 aliphatic rings. The molecule has 0 spiro atoms. The van der Waals surface area contributed by atoms with Gasteiger partial charge < -0.3 is 13.9 Å². The Bertz CT molecular complexity index is 1050. The van der Waals surface area contributed by atoms with E-state index in [-0.39, 0.29) is 24.4 Å². The molecule has 0 unspecified atom stereocenters. The Kier molecular flexibility index (Phi) is 5.35. The van der Waals surface area contributed by atoms with Crippen LogP contribution in [0.25, 0.3) is 11.0 Å². The predicted octanol–water partition coefficient (Wildman–Crippen LogP) is 3.08. The van der Waals surface area contributed by atoms with Crippen molar-refractivity contribution in [2.45, 2.75) is 13.3 Å². The number of hydrogen-bond acceptors (Lipinski definition) is 6. The fourth-order valence-electron chi connectivity index (χ4n) is 2.74. The van der Waals surface area contributed by atoms with E-state index in [0.717, 1.165) is 0 Å². The van der Waals surface area contributed by atoms with Gasteiger partial charge in [-0.25, -0.2) is 4.79 Å². The minimum absolute atomic E-state index is 0.126. The number of hydrogen-bond donors (Lipinski definition) is 0. The molecule has 0 saturated carbocycles. The Hall–Kier alpha value is -3.41. The average Bonchev–Trinajstić information content (AvgIpc) is 2.69. The maximum Gasteiger partial charge on any atom is 0.340 e. The Morgan fingerprint density at radius 2 is 1.81 bits per heavy atom. The number of rotatable bonds is 6. The van der Waals surface area contributed by atoms with E-state index < -0.39 is 11.6 Å². The minimum Gasteiger partial charge on any atom is -0.485 e. The van der Waals surface area contributed by atoms with Gasteiger partial charge in [0, 0.05) is 17.0 Å². The minimum atomic E-state index is -0.595. The standard InChI is InChI=1S/C21H18O6/c1-13-16-9-8-15(26-12-18(22)14-6-4-3-5-7-14)10-19(16)27-21(24)17(13)11-20(23)25-2/h3-10H,11-12H2,1-2H3. The van der Waals surface area contributed by atoms with Crippen LogP contribution >= 0.6 is 0 Å². The van der Waals surface area contributed by atoms with E-state index in [1.807, 2.05) is 6.07 Å². The molecule has 0 N–H and O–H groups in total. The molecule has 1 heterocycles.